The summed E-state index contributed by atoms with van der Waals surface area (Å²) in [5.74, 6) is 0.553. The highest BCUT2D eigenvalue weighted by Gasteiger charge is 2.24. The third-order valence-electron chi connectivity index (χ3n) is 3.38. The minimum Gasteiger partial charge on any atom is -0.462 e. The summed E-state index contributed by atoms with van der Waals surface area (Å²) in [6.45, 7) is 2.60. The number of nitrogens with two attached hydrogens (primary N) is 1. The Balaban J connectivity index is 0.00000176. The molecule has 3 aromatic rings. The first-order valence-corrected chi connectivity index (χ1v) is 6.43. The molecule has 0 radical (unpaired) electrons. The van der Waals surface area contributed by atoms with Crippen molar-refractivity contribution in [2.45, 2.75) is 13.5 Å². The molecule has 0 bridgehead atoms. The van der Waals surface area contributed by atoms with Gasteiger partial charge in [0.2, 0.25) is 0 Å². The van der Waals surface area contributed by atoms with Gasteiger partial charge in [0.05, 0.1) is 12.6 Å². The Morgan fingerprint density at radius 1 is 1.55 bits per heavy atom. The largest absolute Gasteiger partial charge is 0.462 e. The zero-order valence-electron chi connectivity index (χ0n) is 11.8. The molecule has 0 saturated heterocycles. The van der Waals surface area contributed by atoms with Crippen molar-refractivity contribution < 1.29 is 4.42 Å². The topological polar surface area (TPSA) is 114 Å². The molecule has 0 amide bonds. The first kappa shape index (κ1) is 15.8. The Morgan fingerprint density at radius 2 is 2.32 bits per heavy atom. The summed E-state index contributed by atoms with van der Waals surface area (Å²) >= 11 is 0. The minimum absolute atomic E-state index is 0. The summed E-state index contributed by atoms with van der Waals surface area (Å²) < 4.78 is 7.20. The number of hydrogen-bond donors (Lipinski definition) is 2. The van der Waals surface area contributed by atoms with E-state index in [0.717, 1.165) is 5.56 Å². The Morgan fingerprint density at radius 3 is 2.91 bits per heavy atom. The average molecular weight is 320 g/mol. The number of fused-ring (bicyclic) bond motifs is 1. The minimum atomic E-state index is -0.305. The van der Waals surface area contributed by atoms with Gasteiger partial charge < -0.3 is 19.7 Å². The van der Waals surface area contributed by atoms with Crippen LogP contribution < -0.4 is 11.3 Å². The predicted octanol–water partition coefficient (Wildman–Crippen LogP) is 1.55. The Bertz CT molecular complexity index is 916. The van der Waals surface area contributed by atoms with Crippen LogP contribution in [0, 0.1) is 18.3 Å². The second kappa shape index (κ2) is 6.05. The van der Waals surface area contributed by atoms with E-state index in [1.54, 1.807) is 16.9 Å². The maximum atomic E-state index is 12.1. The van der Waals surface area contributed by atoms with E-state index in [2.05, 4.69) is 16.0 Å². The summed E-state index contributed by atoms with van der Waals surface area (Å²) in [6, 6.07) is 3.93. The van der Waals surface area contributed by atoms with Crippen molar-refractivity contribution in [1.29, 1.82) is 5.26 Å². The molecule has 0 saturated carbocycles. The Hall–Kier alpha value is -2.56. The standard InChI is InChI=1S/C14H13N5O2.ClH/c1-8-2-5-21-13(8)11-9(6-16)10-12(19(11)4-3-15)14(20)18-7-17-10;/h2,5,7H,3-4,15H2,1H3,(H,17,18,20);1H. The van der Waals surface area contributed by atoms with E-state index in [0.29, 0.717) is 41.1 Å². The molecule has 0 unspecified atom stereocenters. The molecule has 3 aromatic heterocycles. The summed E-state index contributed by atoms with van der Waals surface area (Å²) in [5, 5.41) is 9.49. The van der Waals surface area contributed by atoms with Gasteiger partial charge in [-0.05, 0) is 18.6 Å². The van der Waals surface area contributed by atoms with Crippen molar-refractivity contribution >= 4 is 23.4 Å². The number of furan rings is 1. The molecule has 7 nitrogen and oxygen atoms in total. The van der Waals surface area contributed by atoms with Gasteiger partial charge in [0.1, 0.15) is 28.4 Å². The number of H-pyrrole nitrogens is 1. The number of rotatable bonds is 3. The lowest BCUT2D eigenvalue weighted by atomic mass is 10.1. The van der Waals surface area contributed by atoms with Crippen LogP contribution in [-0.2, 0) is 6.54 Å². The lowest BCUT2D eigenvalue weighted by molar-refractivity contribution is 0.571. The van der Waals surface area contributed by atoms with Crippen molar-refractivity contribution in [3.63, 3.8) is 0 Å². The Kier molecular flexibility index (Phi) is 4.35. The fourth-order valence-electron chi connectivity index (χ4n) is 2.49. The van der Waals surface area contributed by atoms with Crippen LogP contribution in [0.4, 0.5) is 0 Å². The van der Waals surface area contributed by atoms with Crippen LogP contribution in [0.5, 0.6) is 0 Å². The van der Waals surface area contributed by atoms with Gasteiger partial charge in [-0.2, -0.15) is 5.26 Å². The molecule has 8 heteroatoms. The molecule has 3 heterocycles. The van der Waals surface area contributed by atoms with Gasteiger partial charge in [-0.25, -0.2) is 4.98 Å². The number of aryl methyl sites for hydroxylation is 1. The number of hydrogen-bond acceptors (Lipinski definition) is 5. The van der Waals surface area contributed by atoms with Crippen LogP contribution >= 0.6 is 12.4 Å². The normalized spacial score (nSPS) is 10.4. The third kappa shape index (κ3) is 2.19. The van der Waals surface area contributed by atoms with Gasteiger partial charge in [-0.1, -0.05) is 0 Å². The molecule has 0 fully saturated rings. The summed E-state index contributed by atoms with van der Waals surface area (Å²) in [7, 11) is 0. The van der Waals surface area contributed by atoms with Crippen molar-refractivity contribution in [2.75, 3.05) is 6.54 Å². The highest BCUT2D eigenvalue weighted by Crippen LogP contribution is 2.33. The molecule has 114 valence electrons. The van der Waals surface area contributed by atoms with Gasteiger partial charge >= 0.3 is 0 Å². The SMILES string of the molecule is Cc1ccoc1-c1c(C#N)c2nc[nH]c(=O)c2n1CCN.Cl. The highest BCUT2D eigenvalue weighted by molar-refractivity contribution is 5.90. The fourth-order valence-corrected chi connectivity index (χ4v) is 2.49. The summed E-state index contributed by atoms with van der Waals surface area (Å²) in [4.78, 5) is 18.8. The summed E-state index contributed by atoms with van der Waals surface area (Å²) in [5.41, 5.74) is 7.79. The second-order valence-corrected chi connectivity index (χ2v) is 4.64. The van der Waals surface area contributed by atoms with E-state index >= 15 is 0 Å². The molecule has 0 aliphatic heterocycles. The van der Waals surface area contributed by atoms with Crippen LogP contribution in [0.1, 0.15) is 11.1 Å². The molecule has 0 aromatic carbocycles. The molecular weight excluding hydrogens is 306 g/mol. The number of halogens is 1. The summed E-state index contributed by atoms with van der Waals surface area (Å²) in [6.07, 6.45) is 2.84. The van der Waals surface area contributed by atoms with Gasteiger partial charge in [0.15, 0.2) is 5.76 Å². The lowest BCUT2D eigenvalue weighted by Crippen LogP contribution is -2.16. The number of nitrogens with one attached hydrogen (secondary N) is 1. The zero-order chi connectivity index (χ0) is 15.0. The number of nitrogens with zero attached hydrogens (tertiary/aromatic N) is 3. The van der Waals surface area contributed by atoms with Crippen molar-refractivity contribution in [3.05, 3.63) is 40.1 Å². The fraction of sp³-hybridized carbons (Fsp3) is 0.214. The number of aromatic nitrogens is 3. The van der Waals surface area contributed by atoms with Gasteiger partial charge in [0.25, 0.3) is 5.56 Å². The molecule has 22 heavy (non-hydrogen) atoms. The van der Waals surface area contributed by atoms with Crippen molar-refractivity contribution in [1.82, 2.24) is 14.5 Å². The van der Waals surface area contributed by atoms with Crippen LogP contribution in [0.15, 0.2) is 27.9 Å². The number of nitriles is 1. The highest BCUT2D eigenvalue weighted by atomic mass is 35.5. The molecule has 0 atom stereocenters. The van der Waals surface area contributed by atoms with Gasteiger partial charge in [-0.15, -0.1) is 12.4 Å². The first-order valence-electron chi connectivity index (χ1n) is 6.43. The molecule has 0 aliphatic rings. The first-order chi connectivity index (χ1) is 10.2. The molecule has 3 rings (SSSR count). The van der Waals surface area contributed by atoms with Crippen LogP contribution in [0.3, 0.4) is 0 Å². The van der Waals surface area contributed by atoms with Crippen LogP contribution in [0.2, 0.25) is 0 Å². The zero-order valence-corrected chi connectivity index (χ0v) is 12.6. The third-order valence-corrected chi connectivity index (χ3v) is 3.38. The van der Waals surface area contributed by atoms with E-state index in [-0.39, 0.29) is 18.0 Å². The monoisotopic (exact) mass is 319 g/mol. The van der Waals surface area contributed by atoms with E-state index in [9.17, 15) is 10.1 Å². The van der Waals surface area contributed by atoms with E-state index < -0.39 is 0 Å². The predicted molar refractivity (Wildman–Crippen MR) is 83.8 cm³/mol. The maximum absolute atomic E-state index is 12.1. The van der Waals surface area contributed by atoms with Crippen LogP contribution in [-0.4, -0.2) is 21.1 Å². The van der Waals surface area contributed by atoms with Crippen molar-refractivity contribution in [2.24, 2.45) is 5.73 Å². The lowest BCUT2D eigenvalue weighted by Gasteiger charge is -2.07. The van der Waals surface area contributed by atoms with Crippen LogP contribution in [0.25, 0.3) is 22.5 Å². The second-order valence-electron chi connectivity index (χ2n) is 4.64. The van der Waals surface area contributed by atoms with E-state index in [1.165, 1.54) is 6.33 Å². The van der Waals surface area contributed by atoms with Gasteiger partial charge in [-0.3, -0.25) is 4.79 Å². The Labute approximate surface area is 131 Å². The number of aromatic amines is 1. The smallest absolute Gasteiger partial charge is 0.275 e. The molecule has 3 N–H and O–H groups in total. The van der Waals surface area contributed by atoms with E-state index in [4.69, 9.17) is 10.2 Å². The molecule has 0 spiro atoms. The van der Waals surface area contributed by atoms with Gasteiger partial charge in [0, 0.05) is 13.1 Å². The van der Waals surface area contributed by atoms with E-state index in [1.807, 2.05) is 6.92 Å². The average Bonchev–Trinajstić information content (AvgIpc) is 3.01. The molecule has 0 aliphatic carbocycles. The van der Waals surface area contributed by atoms with Crippen molar-refractivity contribution in [3.8, 4) is 17.5 Å². The quantitative estimate of drug-likeness (QED) is 0.760. The molecular formula is C14H14ClN5O2. The maximum Gasteiger partial charge on any atom is 0.275 e.